The van der Waals surface area contributed by atoms with E-state index in [1.54, 1.807) is 12.1 Å². The van der Waals surface area contributed by atoms with E-state index in [2.05, 4.69) is 39.1 Å². The minimum absolute atomic E-state index is 0.223. The van der Waals surface area contributed by atoms with E-state index in [0.717, 1.165) is 22.9 Å². The van der Waals surface area contributed by atoms with E-state index < -0.39 is 5.97 Å². The summed E-state index contributed by atoms with van der Waals surface area (Å²) in [4.78, 5) is 10.9. The molecule has 23 heavy (non-hydrogen) atoms. The van der Waals surface area contributed by atoms with Gasteiger partial charge in [-0.1, -0.05) is 28.9 Å². The number of allylic oxidation sites excluding steroid dienone is 4. The second kappa shape index (κ2) is 6.50. The highest BCUT2D eigenvalue weighted by Crippen LogP contribution is 2.31. The maximum Gasteiger partial charge on any atom is 0.335 e. The van der Waals surface area contributed by atoms with Gasteiger partial charge in [0, 0.05) is 11.1 Å². The number of nitrogens with zero attached hydrogens (tertiary/aromatic N) is 2. The number of aromatic nitrogens is 2. The quantitative estimate of drug-likeness (QED) is 0.853. The molecule has 6 heteroatoms. The summed E-state index contributed by atoms with van der Waals surface area (Å²) in [6, 6.07) is 6.36. The number of aromatic carboxylic acids is 1. The van der Waals surface area contributed by atoms with Crippen LogP contribution >= 0.6 is 15.9 Å². The number of rotatable bonds is 3. The van der Waals surface area contributed by atoms with Gasteiger partial charge in [-0.3, -0.25) is 0 Å². The molecule has 118 valence electrons. The van der Waals surface area contributed by atoms with Crippen molar-refractivity contribution < 1.29 is 14.3 Å². The summed E-state index contributed by atoms with van der Waals surface area (Å²) in [5, 5.41) is 17.1. The lowest BCUT2D eigenvalue weighted by atomic mass is 10.1. The zero-order valence-electron chi connectivity index (χ0n) is 12.5. The molecule has 1 atom stereocenters. The topological polar surface area (TPSA) is 76.2 Å². The molecule has 1 heterocycles. The molecule has 2 aromatic rings. The number of carboxylic acids is 1. The first-order valence-electron chi connectivity index (χ1n) is 7.29. The number of halogens is 1. The first kappa shape index (κ1) is 15.7. The molecule has 1 aromatic heterocycles. The van der Waals surface area contributed by atoms with Crippen LogP contribution in [0, 0.1) is 5.92 Å². The normalized spacial score (nSPS) is 18.1. The summed E-state index contributed by atoms with van der Waals surface area (Å²) in [6.07, 6.45) is 6.13. The van der Waals surface area contributed by atoms with Crippen LogP contribution in [-0.2, 0) is 0 Å². The molecular formula is C17H15BrN2O3. The first-order chi connectivity index (χ1) is 11.0. The van der Waals surface area contributed by atoms with E-state index in [0.29, 0.717) is 23.3 Å². The van der Waals surface area contributed by atoms with Crippen molar-refractivity contribution in [3.05, 3.63) is 52.4 Å². The third-order valence-corrected chi connectivity index (χ3v) is 4.79. The maximum absolute atomic E-state index is 10.9. The second-order valence-corrected chi connectivity index (χ2v) is 6.38. The Labute approximate surface area is 141 Å². The van der Waals surface area contributed by atoms with Gasteiger partial charge < -0.3 is 9.52 Å². The van der Waals surface area contributed by atoms with Crippen molar-refractivity contribution >= 4 is 27.5 Å². The third kappa shape index (κ3) is 3.42. The second-order valence-electron chi connectivity index (χ2n) is 5.46. The molecule has 0 spiro atoms. The summed E-state index contributed by atoms with van der Waals surface area (Å²) in [5.41, 5.74) is 1.82. The van der Waals surface area contributed by atoms with E-state index in [9.17, 15) is 4.79 Å². The predicted molar refractivity (Wildman–Crippen MR) is 90.1 cm³/mol. The third-order valence-electron chi connectivity index (χ3n) is 3.78. The van der Waals surface area contributed by atoms with Crippen LogP contribution in [0.4, 0.5) is 0 Å². The zero-order chi connectivity index (χ0) is 16.4. The van der Waals surface area contributed by atoms with Gasteiger partial charge in [0.25, 0.3) is 0 Å². The van der Waals surface area contributed by atoms with Gasteiger partial charge in [0.15, 0.2) is 0 Å². The minimum Gasteiger partial charge on any atom is -0.478 e. The molecule has 0 amide bonds. The first-order valence-corrected chi connectivity index (χ1v) is 8.09. The molecular weight excluding hydrogens is 360 g/mol. The highest BCUT2D eigenvalue weighted by atomic mass is 79.9. The number of hydrogen-bond donors (Lipinski definition) is 1. The molecule has 1 aromatic carbocycles. The van der Waals surface area contributed by atoms with Gasteiger partial charge in [-0.2, -0.15) is 0 Å². The monoisotopic (exact) mass is 374 g/mol. The van der Waals surface area contributed by atoms with E-state index in [-0.39, 0.29) is 5.56 Å². The largest absolute Gasteiger partial charge is 0.478 e. The molecule has 1 aliphatic rings. The van der Waals surface area contributed by atoms with E-state index in [4.69, 9.17) is 9.52 Å². The van der Waals surface area contributed by atoms with Crippen LogP contribution in [0.25, 0.3) is 17.0 Å². The van der Waals surface area contributed by atoms with Gasteiger partial charge in [0.1, 0.15) is 0 Å². The number of benzene rings is 1. The van der Waals surface area contributed by atoms with Gasteiger partial charge in [-0.25, -0.2) is 4.79 Å². The van der Waals surface area contributed by atoms with Crippen LogP contribution in [0.2, 0.25) is 0 Å². The molecule has 0 fully saturated rings. The van der Waals surface area contributed by atoms with Crippen molar-refractivity contribution in [2.75, 3.05) is 0 Å². The van der Waals surface area contributed by atoms with E-state index in [1.807, 2.05) is 6.08 Å². The standard InChI is InChI=1S/C17H15BrN2O3/c1-10-3-2-4-13(9-14(10)18)16-20-19-15(23-16)11-5-7-12(8-6-11)17(21)22/h4-10H,2-3H2,1H3,(H,21,22). The SMILES string of the molecule is CC1CCC=C(c2nnc(-c3ccc(C(=O)O)cc3)o2)C=C1Br. The molecule has 1 N–H and O–H groups in total. The summed E-state index contributed by atoms with van der Waals surface area (Å²) in [5.74, 6) is 0.346. The van der Waals surface area contributed by atoms with Crippen molar-refractivity contribution in [2.45, 2.75) is 19.8 Å². The molecule has 0 radical (unpaired) electrons. The van der Waals surface area contributed by atoms with Gasteiger partial charge in [0.2, 0.25) is 11.8 Å². The lowest BCUT2D eigenvalue weighted by Gasteiger charge is -2.05. The summed E-state index contributed by atoms with van der Waals surface area (Å²) >= 11 is 3.59. The number of hydrogen-bond acceptors (Lipinski definition) is 4. The van der Waals surface area contributed by atoms with Gasteiger partial charge in [0.05, 0.1) is 5.56 Å². The maximum atomic E-state index is 10.9. The molecule has 3 rings (SSSR count). The van der Waals surface area contributed by atoms with Crippen molar-refractivity contribution in [1.29, 1.82) is 0 Å². The fourth-order valence-corrected chi connectivity index (χ4v) is 2.81. The van der Waals surface area contributed by atoms with Gasteiger partial charge >= 0.3 is 5.97 Å². The van der Waals surface area contributed by atoms with Crippen LogP contribution in [0.1, 0.15) is 36.0 Å². The zero-order valence-corrected chi connectivity index (χ0v) is 14.1. The fourth-order valence-electron chi connectivity index (χ4n) is 2.34. The Hall–Kier alpha value is -2.21. The van der Waals surface area contributed by atoms with Crippen molar-refractivity contribution in [3.8, 4) is 11.5 Å². The highest BCUT2D eigenvalue weighted by Gasteiger charge is 2.16. The molecule has 1 unspecified atom stereocenters. The molecule has 0 saturated heterocycles. The number of carbonyl (C=O) groups is 1. The molecule has 5 nitrogen and oxygen atoms in total. The van der Waals surface area contributed by atoms with Crippen molar-refractivity contribution in [3.63, 3.8) is 0 Å². The van der Waals surface area contributed by atoms with Crippen LogP contribution in [0.15, 0.2) is 45.3 Å². The lowest BCUT2D eigenvalue weighted by Crippen LogP contribution is -1.94. The lowest BCUT2D eigenvalue weighted by molar-refractivity contribution is 0.0697. The molecule has 1 aliphatic carbocycles. The van der Waals surface area contributed by atoms with Gasteiger partial charge in [-0.15, -0.1) is 10.2 Å². The number of carboxylic acid groups (broad SMARTS) is 1. The van der Waals surface area contributed by atoms with Crippen LogP contribution in [0.3, 0.4) is 0 Å². The Kier molecular flexibility index (Phi) is 4.43. The average molecular weight is 375 g/mol. The summed E-state index contributed by atoms with van der Waals surface area (Å²) in [6.45, 7) is 2.17. The Balaban J connectivity index is 1.88. The van der Waals surface area contributed by atoms with Gasteiger partial charge in [-0.05, 0) is 53.6 Å². The fraction of sp³-hybridized carbons (Fsp3) is 0.235. The smallest absolute Gasteiger partial charge is 0.335 e. The van der Waals surface area contributed by atoms with E-state index in [1.165, 1.54) is 12.1 Å². The van der Waals surface area contributed by atoms with Crippen molar-refractivity contribution in [1.82, 2.24) is 10.2 Å². The Bertz CT molecular complexity index is 790. The average Bonchev–Trinajstić information content (AvgIpc) is 2.97. The van der Waals surface area contributed by atoms with Crippen LogP contribution < -0.4 is 0 Å². The summed E-state index contributed by atoms with van der Waals surface area (Å²) in [7, 11) is 0. The Morgan fingerprint density at radius 2 is 1.96 bits per heavy atom. The van der Waals surface area contributed by atoms with E-state index >= 15 is 0 Å². The van der Waals surface area contributed by atoms with Crippen LogP contribution in [0.5, 0.6) is 0 Å². The Morgan fingerprint density at radius 1 is 1.26 bits per heavy atom. The highest BCUT2D eigenvalue weighted by molar-refractivity contribution is 9.11. The molecule has 0 aliphatic heterocycles. The summed E-state index contributed by atoms with van der Waals surface area (Å²) < 4.78 is 6.86. The predicted octanol–water partition coefficient (Wildman–Crippen LogP) is 4.53. The van der Waals surface area contributed by atoms with Crippen molar-refractivity contribution in [2.24, 2.45) is 5.92 Å². The minimum atomic E-state index is -0.963. The Morgan fingerprint density at radius 3 is 2.65 bits per heavy atom. The molecule has 0 bridgehead atoms. The molecule has 0 saturated carbocycles. The van der Waals surface area contributed by atoms with Crippen LogP contribution in [-0.4, -0.2) is 21.3 Å².